The maximum Gasteiger partial charge on any atom is 0.217 e. The van der Waals surface area contributed by atoms with E-state index in [2.05, 4.69) is 50.3 Å². The minimum Gasteiger partial charge on any atom is -0.461 e. The number of nitrogens with one attached hydrogen (secondary N) is 1. The fourth-order valence-corrected chi connectivity index (χ4v) is 3.54. The van der Waals surface area contributed by atoms with E-state index in [0.29, 0.717) is 6.54 Å². The number of aromatic nitrogens is 2. The maximum absolute atomic E-state index is 11.1. The van der Waals surface area contributed by atoms with Crippen LogP contribution in [0.15, 0.2) is 46.9 Å². The quantitative estimate of drug-likeness (QED) is 0.756. The number of amides is 1. The lowest BCUT2D eigenvalue weighted by atomic mass is 10.0. The third-order valence-corrected chi connectivity index (χ3v) is 4.86. The van der Waals surface area contributed by atoms with Gasteiger partial charge in [-0.1, -0.05) is 24.3 Å². The van der Waals surface area contributed by atoms with Crippen LogP contribution in [0.5, 0.6) is 0 Å². The fourth-order valence-electron chi connectivity index (χ4n) is 3.54. The van der Waals surface area contributed by atoms with Crippen molar-refractivity contribution in [2.75, 3.05) is 6.54 Å². The molecule has 1 aliphatic heterocycles. The van der Waals surface area contributed by atoms with Gasteiger partial charge in [-0.2, -0.15) is 5.10 Å². The molecule has 1 amide bonds. The zero-order valence-corrected chi connectivity index (χ0v) is 15.7. The zero-order valence-electron chi connectivity index (χ0n) is 15.7. The van der Waals surface area contributed by atoms with Crippen molar-refractivity contribution >= 4 is 5.91 Å². The molecule has 1 aliphatic rings. The Morgan fingerprint density at radius 3 is 2.85 bits per heavy atom. The smallest absolute Gasteiger partial charge is 0.217 e. The molecule has 0 unspecified atom stereocenters. The van der Waals surface area contributed by atoms with Crippen molar-refractivity contribution in [1.29, 1.82) is 0 Å². The van der Waals surface area contributed by atoms with Gasteiger partial charge in [-0.05, 0) is 30.7 Å². The van der Waals surface area contributed by atoms with Crippen LogP contribution in [0.2, 0.25) is 0 Å². The van der Waals surface area contributed by atoms with Crippen LogP contribution in [0.25, 0.3) is 11.3 Å². The van der Waals surface area contributed by atoms with Gasteiger partial charge in [-0.15, -0.1) is 0 Å². The summed E-state index contributed by atoms with van der Waals surface area (Å²) in [7, 11) is 0. The number of carbonyl (C=O) groups excluding carboxylic acids is 1. The average Bonchev–Trinajstić information content (AvgIpc) is 3.26. The van der Waals surface area contributed by atoms with E-state index in [1.54, 1.807) is 0 Å². The van der Waals surface area contributed by atoms with E-state index in [1.165, 1.54) is 18.2 Å². The Labute approximate surface area is 158 Å². The molecule has 140 valence electrons. The summed E-state index contributed by atoms with van der Waals surface area (Å²) in [5.41, 5.74) is 4.51. The lowest BCUT2D eigenvalue weighted by molar-refractivity contribution is -0.119. The molecule has 0 saturated carbocycles. The van der Waals surface area contributed by atoms with Gasteiger partial charge in [0, 0.05) is 32.1 Å². The van der Waals surface area contributed by atoms with E-state index >= 15 is 0 Å². The molecule has 27 heavy (non-hydrogen) atoms. The molecule has 0 spiro atoms. The molecule has 0 saturated heterocycles. The van der Waals surface area contributed by atoms with Gasteiger partial charge in [-0.25, -0.2) is 0 Å². The molecule has 4 rings (SSSR count). The van der Waals surface area contributed by atoms with Gasteiger partial charge in [0.25, 0.3) is 0 Å². The molecule has 3 aromatic rings. The molecule has 3 heterocycles. The molecule has 6 heteroatoms. The highest BCUT2D eigenvalue weighted by Crippen LogP contribution is 2.27. The number of furan rings is 1. The lowest BCUT2D eigenvalue weighted by Crippen LogP contribution is -2.33. The monoisotopic (exact) mass is 364 g/mol. The molecule has 0 radical (unpaired) electrons. The molecule has 0 bridgehead atoms. The number of rotatable bonds is 5. The molecule has 2 aromatic heterocycles. The largest absolute Gasteiger partial charge is 0.461 e. The maximum atomic E-state index is 11.1. The number of hydrogen-bond acceptors (Lipinski definition) is 4. The third kappa shape index (κ3) is 3.95. The van der Waals surface area contributed by atoms with Crippen molar-refractivity contribution in [3.05, 3.63) is 65.2 Å². The van der Waals surface area contributed by atoms with Crippen LogP contribution in [-0.4, -0.2) is 27.1 Å². The Kier molecular flexibility index (Phi) is 4.81. The summed E-state index contributed by atoms with van der Waals surface area (Å²) in [5.74, 6) is 1.81. The van der Waals surface area contributed by atoms with E-state index < -0.39 is 0 Å². The highest BCUT2D eigenvalue weighted by Gasteiger charge is 2.20. The average molecular weight is 364 g/mol. The second-order valence-electron chi connectivity index (χ2n) is 7.04. The summed E-state index contributed by atoms with van der Waals surface area (Å²) in [4.78, 5) is 13.5. The molecule has 1 aromatic carbocycles. The SMILES string of the molecule is CC(=O)NCc1cc2n(n1)CCN(Cc1ccccc1-c1ccc(C)o1)C2. The molecule has 0 aliphatic carbocycles. The Morgan fingerprint density at radius 2 is 2.07 bits per heavy atom. The van der Waals surface area contributed by atoms with Gasteiger partial charge in [0.2, 0.25) is 5.91 Å². The number of benzene rings is 1. The number of fused-ring (bicyclic) bond motifs is 1. The topological polar surface area (TPSA) is 63.3 Å². The molecule has 1 N–H and O–H groups in total. The normalized spacial score (nSPS) is 14.1. The van der Waals surface area contributed by atoms with Crippen molar-refractivity contribution in [2.24, 2.45) is 0 Å². The predicted molar refractivity (Wildman–Crippen MR) is 103 cm³/mol. The minimum atomic E-state index is -0.0348. The van der Waals surface area contributed by atoms with Crippen LogP contribution in [0, 0.1) is 6.92 Å². The van der Waals surface area contributed by atoms with E-state index in [4.69, 9.17) is 4.42 Å². The van der Waals surface area contributed by atoms with Crippen LogP contribution < -0.4 is 5.32 Å². The van der Waals surface area contributed by atoms with Crippen LogP contribution in [0.3, 0.4) is 0 Å². The van der Waals surface area contributed by atoms with Crippen molar-refractivity contribution < 1.29 is 9.21 Å². The summed E-state index contributed by atoms with van der Waals surface area (Å²) in [6, 6.07) is 14.5. The van der Waals surface area contributed by atoms with Gasteiger partial charge in [0.1, 0.15) is 11.5 Å². The standard InChI is InChI=1S/C21H24N4O2/c1-15-7-8-21(27-15)20-6-4-3-5-17(20)13-24-9-10-25-19(14-24)11-18(23-25)12-22-16(2)26/h3-8,11H,9-10,12-14H2,1-2H3,(H,22,26). The van der Waals surface area contributed by atoms with E-state index in [9.17, 15) is 4.79 Å². The van der Waals surface area contributed by atoms with Gasteiger partial charge in [-0.3, -0.25) is 14.4 Å². The summed E-state index contributed by atoms with van der Waals surface area (Å²) < 4.78 is 7.89. The third-order valence-electron chi connectivity index (χ3n) is 4.86. The van der Waals surface area contributed by atoms with E-state index in [-0.39, 0.29) is 5.91 Å². The van der Waals surface area contributed by atoms with Gasteiger partial charge in [0.05, 0.1) is 24.5 Å². The highest BCUT2D eigenvalue weighted by atomic mass is 16.3. The summed E-state index contributed by atoms with van der Waals surface area (Å²) in [6.07, 6.45) is 0. The first-order valence-electron chi connectivity index (χ1n) is 9.25. The second-order valence-corrected chi connectivity index (χ2v) is 7.04. The summed E-state index contributed by atoms with van der Waals surface area (Å²) >= 11 is 0. The number of nitrogens with zero attached hydrogens (tertiary/aromatic N) is 3. The minimum absolute atomic E-state index is 0.0348. The number of carbonyl (C=O) groups is 1. The van der Waals surface area contributed by atoms with Crippen molar-refractivity contribution in [3.63, 3.8) is 0 Å². The first kappa shape index (κ1) is 17.5. The van der Waals surface area contributed by atoms with Crippen molar-refractivity contribution in [2.45, 2.75) is 40.0 Å². The van der Waals surface area contributed by atoms with E-state index in [0.717, 1.165) is 49.0 Å². The Balaban J connectivity index is 1.48. The Bertz CT molecular complexity index is 957. The van der Waals surface area contributed by atoms with Crippen molar-refractivity contribution in [3.8, 4) is 11.3 Å². The molecule has 0 fully saturated rings. The number of hydrogen-bond donors (Lipinski definition) is 1. The second kappa shape index (κ2) is 7.40. The number of aryl methyl sites for hydroxylation is 1. The Morgan fingerprint density at radius 1 is 1.22 bits per heavy atom. The van der Waals surface area contributed by atoms with E-state index in [1.807, 2.05) is 19.1 Å². The molecular weight excluding hydrogens is 340 g/mol. The van der Waals surface area contributed by atoms with Gasteiger partial charge < -0.3 is 9.73 Å². The first-order valence-corrected chi connectivity index (χ1v) is 9.25. The molecular formula is C21H24N4O2. The Hall–Kier alpha value is -2.86. The predicted octanol–water partition coefficient (Wildman–Crippen LogP) is 3.10. The van der Waals surface area contributed by atoms with Crippen LogP contribution in [-0.2, 0) is 31.0 Å². The lowest BCUT2D eigenvalue weighted by Gasteiger charge is -2.28. The molecule has 6 nitrogen and oxygen atoms in total. The molecule has 0 atom stereocenters. The van der Waals surface area contributed by atoms with Gasteiger partial charge in [0.15, 0.2) is 0 Å². The zero-order chi connectivity index (χ0) is 18.8. The van der Waals surface area contributed by atoms with Gasteiger partial charge >= 0.3 is 0 Å². The summed E-state index contributed by atoms with van der Waals surface area (Å²) in [5, 5.41) is 7.40. The first-order chi connectivity index (χ1) is 13.1. The van der Waals surface area contributed by atoms with Crippen LogP contribution in [0.1, 0.15) is 29.6 Å². The summed E-state index contributed by atoms with van der Waals surface area (Å²) in [6.45, 7) is 7.49. The van der Waals surface area contributed by atoms with Crippen LogP contribution in [0.4, 0.5) is 0 Å². The van der Waals surface area contributed by atoms with Crippen molar-refractivity contribution in [1.82, 2.24) is 20.0 Å². The van der Waals surface area contributed by atoms with Crippen LogP contribution >= 0.6 is 0 Å². The highest BCUT2D eigenvalue weighted by molar-refractivity contribution is 5.72. The fraction of sp³-hybridized carbons (Fsp3) is 0.333.